The average molecular weight is 375 g/mol. The van der Waals surface area contributed by atoms with Crippen LogP contribution < -0.4 is 9.62 Å². The van der Waals surface area contributed by atoms with Crippen LogP contribution in [0.5, 0.6) is 0 Å². The number of hydrogen-bond acceptors (Lipinski definition) is 3. The van der Waals surface area contributed by atoms with Gasteiger partial charge in [0.15, 0.2) is 0 Å². The summed E-state index contributed by atoms with van der Waals surface area (Å²) in [7, 11) is -3.59. The number of carbonyl (C=O) groups is 1. The van der Waals surface area contributed by atoms with Crippen LogP contribution in [0.15, 0.2) is 36.4 Å². The summed E-state index contributed by atoms with van der Waals surface area (Å²) in [6.45, 7) is 7.80. The molecule has 26 heavy (non-hydrogen) atoms. The maximum absolute atomic E-state index is 12.4. The molecule has 0 atom stereocenters. The molecule has 5 nitrogen and oxygen atoms in total. The molecule has 0 aliphatic heterocycles. The van der Waals surface area contributed by atoms with Crippen molar-refractivity contribution in [2.24, 2.45) is 0 Å². The molecular formula is C20H26N2O3S. The first kappa shape index (κ1) is 20.0. The van der Waals surface area contributed by atoms with Crippen molar-refractivity contribution >= 4 is 21.6 Å². The summed E-state index contributed by atoms with van der Waals surface area (Å²) in [6.07, 6.45) is 1.12. The highest BCUT2D eigenvalue weighted by Gasteiger charge is 2.24. The summed E-state index contributed by atoms with van der Waals surface area (Å²) >= 11 is 0. The number of carbonyl (C=O) groups excluding carboxylic acids is 1. The van der Waals surface area contributed by atoms with Crippen molar-refractivity contribution in [1.29, 1.82) is 0 Å². The van der Waals surface area contributed by atoms with Crippen molar-refractivity contribution in [2.75, 3.05) is 17.1 Å². The fourth-order valence-electron chi connectivity index (χ4n) is 3.02. The van der Waals surface area contributed by atoms with E-state index in [9.17, 15) is 13.2 Å². The number of sulfonamides is 1. The van der Waals surface area contributed by atoms with Gasteiger partial charge in [-0.25, -0.2) is 8.42 Å². The number of nitrogens with one attached hydrogen (secondary N) is 1. The second-order valence-electron chi connectivity index (χ2n) is 6.78. The topological polar surface area (TPSA) is 66.5 Å². The number of benzene rings is 2. The zero-order chi connectivity index (χ0) is 19.5. The van der Waals surface area contributed by atoms with Gasteiger partial charge in [0.25, 0.3) is 0 Å². The fourth-order valence-corrected chi connectivity index (χ4v) is 3.99. The van der Waals surface area contributed by atoms with Crippen LogP contribution in [-0.4, -0.2) is 27.1 Å². The molecule has 2 rings (SSSR count). The van der Waals surface area contributed by atoms with Crippen molar-refractivity contribution in [3.8, 4) is 0 Å². The lowest BCUT2D eigenvalue weighted by Crippen LogP contribution is -2.40. The molecule has 0 aliphatic carbocycles. The number of amides is 1. The minimum Gasteiger partial charge on any atom is -0.350 e. The quantitative estimate of drug-likeness (QED) is 0.845. The van der Waals surface area contributed by atoms with Crippen LogP contribution in [-0.2, 0) is 21.4 Å². The van der Waals surface area contributed by atoms with E-state index in [1.165, 1.54) is 4.31 Å². The summed E-state index contributed by atoms with van der Waals surface area (Å²) in [6, 6.07) is 11.7. The molecule has 0 saturated carbocycles. The van der Waals surface area contributed by atoms with Crippen LogP contribution >= 0.6 is 0 Å². The van der Waals surface area contributed by atoms with Gasteiger partial charge in [-0.05, 0) is 44.4 Å². The van der Waals surface area contributed by atoms with Crippen LogP contribution in [0, 0.1) is 27.7 Å². The first-order chi connectivity index (χ1) is 12.1. The van der Waals surface area contributed by atoms with Crippen LogP contribution in [0.1, 0.15) is 27.8 Å². The van der Waals surface area contributed by atoms with E-state index < -0.39 is 10.0 Å². The summed E-state index contributed by atoms with van der Waals surface area (Å²) in [5.74, 6) is -0.338. The summed E-state index contributed by atoms with van der Waals surface area (Å²) < 4.78 is 25.8. The van der Waals surface area contributed by atoms with E-state index in [0.717, 1.165) is 34.1 Å². The molecule has 2 aromatic carbocycles. The van der Waals surface area contributed by atoms with E-state index in [2.05, 4.69) is 5.32 Å². The maximum Gasteiger partial charge on any atom is 0.241 e. The molecule has 0 aromatic heterocycles. The standard InChI is InChI=1S/C20H26N2O3S/c1-14-6-8-18(9-7-14)12-21-19(23)13-22(26(5,24)25)20-16(3)10-15(2)11-17(20)4/h6-11H,12-13H2,1-5H3,(H,21,23). The van der Waals surface area contributed by atoms with Gasteiger partial charge in [0.05, 0.1) is 11.9 Å². The van der Waals surface area contributed by atoms with E-state index in [1.807, 2.05) is 64.1 Å². The van der Waals surface area contributed by atoms with Gasteiger partial charge >= 0.3 is 0 Å². The fraction of sp³-hybridized carbons (Fsp3) is 0.350. The molecule has 0 saturated heterocycles. The smallest absolute Gasteiger partial charge is 0.241 e. The molecule has 0 heterocycles. The Morgan fingerprint density at radius 3 is 2.00 bits per heavy atom. The molecule has 0 radical (unpaired) electrons. The maximum atomic E-state index is 12.4. The Balaban J connectivity index is 2.19. The van der Waals surface area contributed by atoms with Crippen LogP contribution in [0.4, 0.5) is 5.69 Å². The Kier molecular flexibility index (Phi) is 6.08. The largest absolute Gasteiger partial charge is 0.350 e. The van der Waals surface area contributed by atoms with Crippen molar-refractivity contribution in [3.05, 3.63) is 64.2 Å². The highest BCUT2D eigenvalue weighted by Crippen LogP contribution is 2.28. The van der Waals surface area contributed by atoms with Crippen molar-refractivity contribution < 1.29 is 13.2 Å². The predicted molar refractivity (Wildman–Crippen MR) is 106 cm³/mol. The van der Waals surface area contributed by atoms with Crippen molar-refractivity contribution in [2.45, 2.75) is 34.2 Å². The zero-order valence-electron chi connectivity index (χ0n) is 16.0. The highest BCUT2D eigenvalue weighted by molar-refractivity contribution is 7.92. The highest BCUT2D eigenvalue weighted by atomic mass is 32.2. The molecule has 1 amide bonds. The van der Waals surface area contributed by atoms with E-state index >= 15 is 0 Å². The molecule has 0 spiro atoms. The van der Waals surface area contributed by atoms with Gasteiger partial charge in [0.1, 0.15) is 6.54 Å². The zero-order valence-corrected chi connectivity index (χ0v) is 16.8. The van der Waals surface area contributed by atoms with Crippen LogP contribution in [0.25, 0.3) is 0 Å². The number of anilines is 1. The number of nitrogens with zero attached hydrogens (tertiary/aromatic N) is 1. The normalized spacial score (nSPS) is 11.3. The lowest BCUT2D eigenvalue weighted by molar-refractivity contribution is -0.119. The molecule has 2 aromatic rings. The predicted octanol–water partition coefficient (Wildman–Crippen LogP) is 3.00. The first-order valence-electron chi connectivity index (χ1n) is 8.45. The van der Waals surface area contributed by atoms with E-state index in [-0.39, 0.29) is 12.5 Å². The third kappa shape index (κ3) is 5.08. The lowest BCUT2D eigenvalue weighted by atomic mass is 10.1. The Morgan fingerprint density at radius 1 is 0.962 bits per heavy atom. The van der Waals surface area contributed by atoms with Gasteiger partial charge in [0, 0.05) is 6.54 Å². The SMILES string of the molecule is Cc1ccc(CNC(=O)CN(c2c(C)cc(C)cc2C)S(C)(=O)=O)cc1. The van der Waals surface area contributed by atoms with Gasteiger partial charge in [0.2, 0.25) is 15.9 Å². The van der Waals surface area contributed by atoms with Gasteiger partial charge in [-0.3, -0.25) is 9.10 Å². The average Bonchev–Trinajstić information content (AvgIpc) is 2.51. The number of hydrogen-bond donors (Lipinski definition) is 1. The Bertz CT molecular complexity index is 880. The van der Waals surface area contributed by atoms with Crippen molar-refractivity contribution in [1.82, 2.24) is 5.32 Å². The third-order valence-electron chi connectivity index (χ3n) is 4.18. The van der Waals surface area contributed by atoms with Gasteiger partial charge in [-0.2, -0.15) is 0 Å². The van der Waals surface area contributed by atoms with E-state index in [4.69, 9.17) is 0 Å². The second kappa shape index (κ2) is 7.91. The summed E-state index contributed by atoms with van der Waals surface area (Å²) in [5.41, 5.74) is 5.41. The summed E-state index contributed by atoms with van der Waals surface area (Å²) in [5, 5.41) is 2.80. The number of aryl methyl sites for hydroxylation is 4. The van der Waals surface area contributed by atoms with Gasteiger partial charge in [-0.15, -0.1) is 0 Å². The molecule has 140 valence electrons. The summed E-state index contributed by atoms with van der Waals surface area (Å²) in [4.78, 5) is 12.4. The van der Waals surface area contributed by atoms with Gasteiger partial charge in [-0.1, -0.05) is 47.5 Å². The minimum atomic E-state index is -3.59. The van der Waals surface area contributed by atoms with Gasteiger partial charge < -0.3 is 5.32 Å². The molecule has 0 fully saturated rings. The van der Waals surface area contributed by atoms with Crippen LogP contribution in [0.3, 0.4) is 0 Å². The number of rotatable bonds is 6. The molecule has 1 N–H and O–H groups in total. The third-order valence-corrected chi connectivity index (χ3v) is 5.29. The van der Waals surface area contributed by atoms with Crippen LogP contribution in [0.2, 0.25) is 0 Å². The monoisotopic (exact) mass is 374 g/mol. The molecular weight excluding hydrogens is 348 g/mol. The molecule has 0 unspecified atom stereocenters. The Morgan fingerprint density at radius 2 is 1.50 bits per heavy atom. The second-order valence-corrected chi connectivity index (χ2v) is 8.69. The Hall–Kier alpha value is -2.34. The van der Waals surface area contributed by atoms with E-state index in [0.29, 0.717) is 12.2 Å². The Labute approximate surface area is 156 Å². The van der Waals surface area contributed by atoms with Crippen molar-refractivity contribution in [3.63, 3.8) is 0 Å². The minimum absolute atomic E-state index is 0.241. The molecule has 6 heteroatoms. The molecule has 0 aliphatic rings. The first-order valence-corrected chi connectivity index (χ1v) is 10.3. The lowest BCUT2D eigenvalue weighted by Gasteiger charge is -2.26. The molecule has 0 bridgehead atoms. The van der Waals surface area contributed by atoms with E-state index in [1.54, 1.807) is 0 Å².